The quantitative estimate of drug-likeness (QED) is 0.261. The Bertz CT molecular complexity index is 1350. The summed E-state index contributed by atoms with van der Waals surface area (Å²) in [5, 5.41) is 11.3. The number of ketones is 1. The summed E-state index contributed by atoms with van der Waals surface area (Å²) < 4.78 is 0. The normalized spacial score (nSPS) is 24.8. The molecule has 4 aliphatic rings. The minimum Gasteiger partial charge on any atom is -0.347 e. The van der Waals surface area contributed by atoms with Crippen LogP contribution in [0.5, 0.6) is 0 Å². The molecule has 1 saturated heterocycles. The molecular formula is C34H49N7O6. The van der Waals surface area contributed by atoms with Crippen LogP contribution in [-0.4, -0.2) is 86.9 Å². The number of nitrogens with one attached hydrogen (secondary N) is 4. The molecule has 13 heteroatoms. The van der Waals surface area contributed by atoms with Crippen LogP contribution in [0.4, 0.5) is 0 Å². The largest absolute Gasteiger partial charge is 0.347 e. The smallest absolute Gasteiger partial charge is 0.289 e. The lowest BCUT2D eigenvalue weighted by Gasteiger charge is -2.38. The fourth-order valence-corrected chi connectivity index (χ4v) is 7.46. The van der Waals surface area contributed by atoms with E-state index in [1.807, 2.05) is 20.8 Å². The molecule has 0 radical (unpaired) electrons. The van der Waals surface area contributed by atoms with E-state index >= 15 is 0 Å². The SMILES string of the molecule is C[C@H](NC(=O)[C@@H]1[C@H]2CCC[C@H]2CN1C(=O)[C@@H](NC(=O)[C@@H](NC(=O)c1cnccn1)C1CCCCC1)C(C)(C)C)C(=O)C(=O)NC1CC1. The highest BCUT2D eigenvalue weighted by molar-refractivity contribution is 6.38. The summed E-state index contributed by atoms with van der Waals surface area (Å²) in [4.78, 5) is 90.2. The third-order valence-corrected chi connectivity index (χ3v) is 10.2. The van der Waals surface area contributed by atoms with Gasteiger partial charge < -0.3 is 26.2 Å². The second kappa shape index (κ2) is 14.5. The number of nitrogens with zero attached hydrogens (tertiary/aromatic N) is 3. The van der Waals surface area contributed by atoms with Crippen LogP contribution in [0.3, 0.4) is 0 Å². The molecule has 0 bridgehead atoms. The maximum Gasteiger partial charge on any atom is 0.289 e. The molecular weight excluding hydrogens is 602 g/mol. The van der Waals surface area contributed by atoms with Crippen molar-refractivity contribution in [3.8, 4) is 0 Å². The summed E-state index contributed by atoms with van der Waals surface area (Å²) in [6.45, 7) is 7.42. The van der Waals surface area contributed by atoms with Crippen molar-refractivity contribution in [2.24, 2.45) is 23.2 Å². The predicted molar refractivity (Wildman–Crippen MR) is 171 cm³/mol. The minimum absolute atomic E-state index is 0.0131. The van der Waals surface area contributed by atoms with Crippen LogP contribution in [-0.2, 0) is 24.0 Å². The Morgan fingerprint density at radius 1 is 0.872 bits per heavy atom. The minimum atomic E-state index is -1.05. The summed E-state index contributed by atoms with van der Waals surface area (Å²) in [5.74, 6) is -3.33. The van der Waals surface area contributed by atoms with Crippen LogP contribution in [0.25, 0.3) is 0 Å². The molecule has 47 heavy (non-hydrogen) atoms. The summed E-state index contributed by atoms with van der Waals surface area (Å²) in [5.41, 5.74) is -0.637. The Kier molecular flexibility index (Phi) is 10.6. The van der Waals surface area contributed by atoms with Crippen molar-refractivity contribution in [2.45, 2.75) is 122 Å². The van der Waals surface area contributed by atoms with E-state index in [1.165, 1.54) is 25.5 Å². The second-order valence-electron chi connectivity index (χ2n) is 14.9. The first-order valence-electron chi connectivity index (χ1n) is 17.2. The maximum absolute atomic E-state index is 14.5. The van der Waals surface area contributed by atoms with Crippen molar-refractivity contribution < 1.29 is 28.8 Å². The highest BCUT2D eigenvalue weighted by Crippen LogP contribution is 2.43. The van der Waals surface area contributed by atoms with Gasteiger partial charge in [0.05, 0.1) is 12.2 Å². The van der Waals surface area contributed by atoms with Crippen molar-refractivity contribution >= 4 is 35.3 Å². The summed E-state index contributed by atoms with van der Waals surface area (Å²) in [6.07, 6.45) is 12.9. The molecule has 4 N–H and O–H groups in total. The third kappa shape index (κ3) is 8.16. The Morgan fingerprint density at radius 2 is 1.60 bits per heavy atom. The monoisotopic (exact) mass is 651 g/mol. The van der Waals surface area contributed by atoms with Gasteiger partial charge in [-0.15, -0.1) is 0 Å². The first kappa shape index (κ1) is 34.4. The van der Waals surface area contributed by atoms with Gasteiger partial charge in [-0.05, 0) is 68.6 Å². The van der Waals surface area contributed by atoms with Crippen LogP contribution < -0.4 is 21.3 Å². The molecule has 5 amide bonds. The van der Waals surface area contributed by atoms with Crippen molar-refractivity contribution in [3.05, 3.63) is 24.3 Å². The first-order chi connectivity index (χ1) is 22.3. The van der Waals surface area contributed by atoms with E-state index in [2.05, 4.69) is 31.2 Å². The van der Waals surface area contributed by atoms with Gasteiger partial charge in [-0.25, -0.2) is 4.98 Å². The number of aromatic nitrogens is 2. The van der Waals surface area contributed by atoms with E-state index in [0.717, 1.165) is 64.2 Å². The predicted octanol–water partition coefficient (Wildman–Crippen LogP) is 1.67. The van der Waals surface area contributed by atoms with Gasteiger partial charge in [0.15, 0.2) is 0 Å². The topological polar surface area (TPSA) is 180 Å². The lowest BCUT2D eigenvalue weighted by Crippen LogP contribution is -2.62. The van der Waals surface area contributed by atoms with Gasteiger partial charge in [0, 0.05) is 25.0 Å². The van der Waals surface area contributed by atoms with Crippen LogP contribution in [0.1, 0.15) is 102 Å². The lowest BCUT2D eigenvalue weighted by atomic mass is 9.82. The zero-order valence-corrected chi connectivity index (χ0v) is 27.9. The van der Waals surface area contributed by atoms with E-state index < -0.39 is 59.0 Å². The van der Waals surface area contributed by atoms with E-state index in [9.17, 15) is 28.8 Å². The summed E-state index contributed by atoms with van der Waals surface area (Å²) in [6, 6.07) is -3.74. The van der Waals surface area contributed by atoms with Gasteiger partial charge in [0.25, 0.3) is 11.8 Å². The van der Waals surface area contributed by atoms with Crippen LogP contribution in [0.15, 0.2) is 18.6 Å². The van der Waals surface area contributed by atoms with Crippen LogP contribution >= 0.6 is 0 Å². The number of Topliss-reactive ketones (excluding diaryl/α,β-unsaturated/α-hetero) is 1. The number of hydrogen-bond acceptors (Lipinski definition) is 8. The van der Waals surface area contributed by atoms with Crippen molar-refractivity contribution in [1.29, 1.82) is 0 Å². The van der Waals surface area contributed by atoms with E-state index in [0.29, 0.717) is 6.54 Å². The van der Waals surface area contributed by atoms with Crippen molar-refractivity contribution in [1.82, 2.24) is 36.1 Å². The van der Waals surface area contributed by atoms with Gasteiger partial charge in [-0.2, -0.15) is 0 Å². The molecule has 0 spiro atoms. The summed E-state index contributed by atoms with van der Waals surface area (Å²) in [7, 11) is 0. The van der Waals surface area contributed by atoms with Gasteiger partial charge in [0.1, 0.15) is 23.8 Å². The van der Waals surface area contributed by atoms with Crippen LogP contribution in [0.2, 0.25) is 0 Å². The second-order valence-corrected chi connectivity index (χ2v) is 14.9. The average molecular weight is 652 g/mol. The number of carbonyl (C=O) groups is 6. The number of rotatable bonds is 11. The molecule has 3 aliphatic carbocycles. The molecule has 0 unspecified atom stereocenters. The molecule has 1 aliphatic heterocycles. The fourth-order valence-electron chi connectivity index (χ4n) is 7.46. The number of amides is 5. The first-order valence-corrected chi connectivity index (χ1v) is 17.2. The van der Waals surface area contributed by atoms with Gasteiger partial charge in [0.2, 0.25) is 23.5 Å². The molecule has 3 saturated carbocycles. The number of carbonyl (C=O) groups excluding carboxylic acids is 6. The van der Waals surface area contributed by atoms with E-state index in [1.54, 1.807) is 4.90 Å². The molecule has 13 nitrogen and oxygen atoms in total. The van der Waals surface area contributed by atoms with E-state index in [-0.39, 0.29) is 35.4 Å². The molecule has 256 valence electrons. The summed E-state index contributed by atoms with van der Waals surface area (Å²) >= 11 is 0. The van der Waals surface area contributed by atoms with Gasteiger partial charge in [-0.3, -0.25) is 33.8 Å². The zero-order valence-electron chi connectivity index (χ0n) is 27.9. The maximum atomic E-state index is 14.5. The molecule has 5 rings (SSSR count). The lowest BCUT2D eigenvalue weighted by molar-refractivity contribution is -0.146. The molecule has 0 aromatic carbocycles. The Labute approximate surface area is 276 Å². The molecule has 1 aromatic heterocycles. The Hall–Kier alpha value is -3.90. The van der Waals surface area contributed by atoms with E-state index in [4.69, 9.17) is 0 Å². The molecule has 2 heterocycles. The number of hydrogen-bond donors (Lipinski definition) is 4. The molecule has 6 atom stereocenters. The highest BCUT2D eigenvalue weighted by Gasteiger charge is 2.52. The third-order valence-electron chi connectivity index (χ3n) is 10.2. The Balaban J connectivity index is 1.34. The average Bonchev–Trinajstić information content (AvgIpc) is 3.61. The fraction of sp³-hybridized carbons (Fsp3) is 0.706. The van der Waals surface area contributed by atoms with Crippen molar-refractivity contribution in [2.75, 3.05) is 6.54 Å². The molecule has 1 aromatic rings. The molecule has 4 fully saturated rings. The van der Waals surface area contributed by atoms with Gasteiger partial charge >= 0.3 is 0 Å². The van der Waals surface area contributed by atoms with Gasteiger partial charge in [-0.1, -0.05) is 46.5 Å². The van der Waals surface area contributed by atoms with Crippen LogP contribution in [0, 0.1) is 23.2 Å². The highest BCUT2D eigenvalue weighted by atomic mass is 16.2. The standard InChI is InChI=1S/C34H49N7O6/c1-19(27(42)32(46)38-22-13-14-22)37-31(45)26-23-12-8-11-21(23)18-41(26)33(47)28(34(2,3)4)40-30(44)25(20-9-6-5-7-10-20)39-29(43)24-17-35-15-16-36-24/h15-17,19-23,25-26,28H,5-14,18H2,1-4H3,(H,37,45)(H,38,46)(H,39,43)(H,40,44)/t19-,21-,23-,25-,26-,28+/m0/s1. The number of fused-ring (bicyclic) bond motifs is 1. The zero-order chi connectivity index (χ0) is 33.9. The Morgan fingerprint density at radius 3 is 2.23 bits per heavy atom. The number of likely N-dealkylation sites (tertiary alicyclic amines) is 1. The van der Waals surface area contributed by atoms with Crippen molar-refractivity contribution in [3.63, 3.8) is 0 Å².